The van der Waals surface area contributed by atoms with Gasteiger partial charge in [-0.3, -0.25) is 0 Å². The largest absolute Gasteiger partial charge is 0.368 e. The number of piperidine rings is 1. The first-order chi connectivity index (χ1) is 8.25. The molecule has 6 heteroatoms. The minimum atomic E-state index is 0.245. The van der Waals surface area contributed by atoms with Crippen LogP contribution in [0.15, 0.2) is 6.20 Å². The molecule has 0 amide bonds. The van der Waals surface area contributed by atoms with E-state index in [1.165, 1.54) is 38.5 Å². The number of anilines is 2. The van der Waals surface area contributed by atoms with Gasteiger partial charge in [0.05, 0.1) is 6.20 Å². The van der Waals surface area contributed by atoms with Crippen LogP contribution in [0.4, 0.5) is 11.8 Å². The van der Waals surface area contributed by atoms with Crippen LogP contribution in [0.5, 0.6) is 0 Å². The van der Waals surface area contributed by atoms with E-state index < -0.39 is 0 Å². The number of hydrogen-bond donors (Lipinski definition) is 2. The Hall–Kier alpha value is -1.07. The normalized spacial score (nSPS) is 17.0. The first kappa shape index (κ1) is 12.4. The van der Waals surface area contributed by atoms with E-state index in [1.807, 2.05) is 0 Å². The van der Waals surface area contributed by atoms with E-state index in [-0.39, 0.29) is 5.95 Å². The van der Waals surface area contributed by atoms with Gasteiger partial charge in [0.1, 0.15) is 5.02 Å². The lowest BCUT2D eigenvalue weighted by atomic mass is 10.1. The van der Waals surface area contributed by atoms with Gasteiger partial charge in [0.15, 0.2) is 5.82 Å². The first-order valence-corrected chi connectivity index (χ1v) is 6.38. The molecule has 1 aromatic rings. The van der Waals surface area contributed by atoms with Crippen molar-refractivity contribution in [3.8, 4) is 0 Å². The van der Waals surface area contributed by atoms with Gasteiger partial charge in [0.2, 0.25) is 5.95 Å². The van der Waals surface area contributed by atoms with Crippen molar-refractivity contribution in [1.82, 2.24) is 14.9 Å². The maximum Gasteiger partial charge on any atom is 0.222 e. The fourth-order valence-corrected chi connectivity index (χ4v) is 2.18. The summed E-state index contributed by atoms with van der Waals surface area (Å²) in [6.07, 6.45) is 5.49. The van der Waals surface area contributed by atoms with Crippen LogP contribution in [-0.2, 0) is 0 Å². The van der Waals surface area contributed by atoms with Crippen LogP contribution in [-0.4, -0.2) is 41.0 Å². The minimum absolute atomic E-state index is 0.245. The van der Waals surface area contributed by atoms with Gasteiger partial charge in [0.25, 0.3) is 0 Å². The Balaban J connectivity index is 1.79. The summed E-state index contributed by atoms with van der Waals surface area (Å²) in [7, 11) is 0. The topological polar surface area (TPSA) is 67.1 Å². The molecule has 1 aliphatic rings. The monoisotopic (exact) mass is 255 g/mol. The molecule has 94 valence electrons. The number of nitrogens with zero attached hydrogens (tertiary/aromatic N) is 3. The molecule has 0 unspecified atom stereocenters. The molecule has 2 rings (SSSR count). The van der Waals surface area contributed by atoms with Crippen LogP contribution in [0.25, 0.3) is 0 Å². The van der Waals surface area contributed by atoms with Crippen molar-refractivity contribution in [2.24, 2.45) is 0 Å². The number of halogens is 1. The summed E-state index contributed by atoms with van der Waals surface area (Å²) in [6, 6.07) is 0. The van der Waals surface area contributed by atoms with Crippen molar-refractivity contribution in [3.05, 3.63) is 11.2 Å². The second kappa shape index (κ2) is 6.02. The van der Waals surface area contributed by atoms with Gasteiger partial charge in [-0.25, -0.2) is 4.98 Å². The Labute approximate surface area is 106 Å². The van der Waals surface area contributed by atoms with Gasteiger partial charge in [-0.05, 0) is 25.9 Å². The third kappa shape index (κ3) is 3.71. The van der Waals surface area contributed by atoms with E-state index >= 15 is 0 Å². The van der Waals surface area contributed by atoms with Crippen LogP contribution >= 0.6 is 11.6 Å². The standard InChI is InChI=1S/C11H18ClN5/c12-9-8-15-11(13)16-10(9)14-4-7-17-5-2-1-3-6-17/h8H,1-7H2,(H3,13,14,15,16). The smallest absolute Gasteiger partial charge is 0.222 e. The van der Waals surface area contributed by atoms with Gasteiger partial charge in [-0.1, -0.05) is 18.0 Å². The average Bonchev–Trinajstić information content (AvgIpc) is 2.35. The SMILES string of the molecule is Nc1ncc(Cl)c(NCCN2CCCCC2)n1. The molecule has 1 fully saturated rings. The summed E-state index contributed by atoms with van der Waals surface area (Å²) in [6.45, 7) is 4.24. The number of hydrogen-bond acceptors (Lipinski definition) is 5. The predicted octanol–water partition coefficient (Wildman–Crippen LogP) is 1.61. The van der Waals surface area contributed by atoms with Crippen LogP contribution in [0, 0.1) is 0 Å². The molecule has 3 N–H and O–H groups in total. The lowest BCUT2D eigenvalue weighted by molar-refractivity contribution is 0.237. The van der Waals surface area contributed by atoms with Crippen LogP contribution < -0.4 is 11.1 Å². The Kier molecular flexibility index (Phi) is 4.39. The van der Waals surface area contributed by atoms with E-state index in [0.29, 0.717) is 10.8 Å². The van der Waals surface area contributed by atoms with Crippen molar-refractivity contribution in [1.29, 1.82) is 0 Å². The molecule has 0 bridgehead atoms. The molecule has 17 heavy (non-hydrogen) atoms. The first-order valence-electron chi connectivity index (χ1n) is 6.00. The molecule has 0 radical (unpaired) electrons. The predicted molar refractivity (Wildman–Crippen MR) is 70.2 cm³/mol. The molecule has 1 aromatic heterocycles. The average molecular weight is 256 g/mol. The Morgan fingerprint density at radius 2 is 2.12 bits per heavy atom. The van der Waals surface area contributed by atoms with Crippen molar-refractivity contribution in [2.75, 3.05) is 37.2 Å². The molecule has 1 saturated heterocycles. The lowest BCUT2D eigenvalue weighted by Gasteiger charge is -2.26. The highest BCUT2D eigenvalue weighted by atomic mass is 35.5. The summed E-state index contributed by atoms with van der Waals surface area (Å²) in [5, 5.41) is 3.71. The fourth-order valence-electron chi connectivity index (χ4n) is 2.02. The third-order valence-corrected chi connectivity index (χ3v) is 3.21. The Bertz CT molecular complexity index is 365. The Morgan fingerprint density at radius 3 is 2.88 bits per heavy atom. The fraction of sp³-hybridized carbons (Fsp3) is 0.636. The molecule has 0 aliphatic carbocycles. The van der Waals surface area contributed by atoms with Gasteiger partial charge in [-0.2, -0.15) is 4.98 Å². The number of rotatable bonds is 4. The second-order valence-corrected chi connectivity index (χ2v) is 4.66. The zero-order valence-electron chi connectivity index (χ0n) is 9.82. The molecule has 0 aromatic carbocycles. The molecule has 2 heterocycles. The van der Waals surface area contributed by atoms with Gasteiger partial charge >= 0.3 is 0 Å². The van der Waals surface area contributed by atoms with Crippen molar-refractivity contribution in [2.45, 2.75) is 19.3 Å². The molecule has 0 atom stereocenters. The van der Waals surface area contributed by atoms with Gasteiger partial charge in [0, 0.05) is 13.1 Å². The summed E-state index contributed by atoms with van der Waals surface area (Å²) in [5.74, 6) is 0.867. The summed E-state index contributed by atoms with van der Waals surface area (Å²) in [4.78, 5) is 10.3. The van der Waals surface area contributed by atoms with Gasteiger partial charge < -0.3 is 16.0 Å². The van der Waals surface area contributed by atoms with E-state index in [2.05, 4.69) is 20.2 Å². The van der Waals surface area contributed by atoms with Crippen molar-refractivity contribution in [3.63, 3.8) is 0 Å². The lowest BCUT2D eigenvalue weighted by Crippen LogP contribution is -2.33. The number of aromatic nitrogens is 2. The maximum atomic E-state index is 5.96. The van der Waals surface area contributed by atoms with Crippen molar-refractivity contribution >= 4 is 23.4 Å². The maximum absolute atomic E-state index is 5.96. The molecule has 5 nitrogen and oxygen atoms in total. The highest BCUT2D eigenvalue weighted by Crippen LogP contribution is 2.18. The second-order valence-electron chi connectivity index (χ2n) is 4.25. The van der Waals surface area contributed by atoms with E-state index in [4.69, 9.17) is 17.3 Å². The zero-order valence-corrected chi connectivity index (χ0v) is 10.6. The molecular formula is C11H18ClN5. The van der Waals surface area contributed by atoms with Crippen molar-refractivity contribution < 1.29 is 0 Å². The molecule has 0 saturated carbocycles. The molecule has 1 aliphatic heterocycles. The number of likely N-dealkylation sites (tertiary alicyclic amines) is 1. The number of nitrogen functional groups attached to an aromatic ring is 1. The summed E-state index contributed by atoms with van der Waals surface area (Å²) >= 11 is 5.96. The highest BCUT2D eigenvalue weighted by Gasteiger charge is 2.09. The van der Waals surface area contributed by atoms with Crippen LogP contribution in [0.3, 0.4) is 0 Å². The van der Waals surface area contributed by atoms with E-state index in [0.717, 1.165) is 13.1 Å². The summed E-state index contributed by atoms with van der Waals surface area (Å²) in [5.41, 5.74) is 5.51. The van der Waals surface area contributed by atoms with Crippen LogP contribution in [0.1, 0.15) is 19.3 Å². The number of nitrogens with one attached hydrogen (secondary N) is 1. The zero-order chi connectivity index (χ0) is 12.1. The molecule has 0 spiro atoms. The Morgan fingerprint density at radius 1 is 1.35 bits per heavy atom. The van der Waals surface area contributed by atoms with E-state index in [1.54, 1.807) is 0 Å². The third-order valence-electron chi connectivity index (χ3n) is 2.93. The number of nitrogens with two attached hydrogens (primary N) is 1. The quantitative estimate of drug-likeness (QED) is 0.856. The van der Waals surface area contributed by atoms with E-state index in [9.17, 15) is 0 Å². The minimum Gasteiger partial charge on any atom is -0.368 e. The summed E-state index contributed by atoms with van der Waals surface area (Å²) < 4.78 is 0. The van der Waals surface area contributed by atoms with Gasteiger partial charge in [-0.15, -0.1) is 0 Å². The molecular weight excluding hydrogens is 238 g/mol. The highest BCUT2D eigenvalue weighted by molar-refractivity contribution is 6.32. The van der Waals surface area contributed by atoms with Crippen LogP contribution in [0.2, 0.25) is 5.02 Å².